The second-order valence-corrected chi connectivity index (χ2v) is 2.94. The number of hydrogen-bond acceptors (Lipinski definition) is 5. The molecule has 9 heteroatoms. The lowest BCUT2D eigenvalue weighted by Crippen LogP contribution is -2.03. The Bertz CT molecular complexity index is 466. The van der Waals surface area contributed by atoms with Gasteiger partial charge in [-0.15, -0.1) is 0 Å². The number of pyridine rings is 1. The molecule has 1 aromatic heterocycles. The molecule has 86 valence electrons. The number of aromatic hydroxyl groups is 1. The normalized spacial score (nSPS) is 10.5. The van der Waals surface area contributed by atoms with Gasteiger partial charge >= 0.3 is 5.82 Å². The van der Waals surface area contributed by atoms with Gasteiger partial charge in [-0.3, -0.25) is 4.79 Å². The van der Waals surface area contributed by atoms with E-state index in [1.54, 1.807) is 0 Å². The van der Waals surface area contributed by atoms with Gasteiger partial charge in [0, 0.05) is 6.07 Å². The topological polar surface area (TPSA) is 93.3 Å². The van der Waals surface area contributed by atoms with Crippen LogP contribution in [-0.4, -0.2) is 20.3 Å². The van der Waals surface area contributed by atoms with Gasteiger partial charge in [0.15, 0.2) is 0 Å². The minimum absolute atomic E-state index is 0.502. The van der Waals surface area contributed by atoms with E-state index in [0.717, 1.165) is 0 Å². The maximum atomic E-state index is 12.3. The number of hydrogen-bond donors (Lipinski definition) is 1. The second-order valence-electron chi connectivity index (χ2n) is 2.60. The molecule has 0 amide bonds. The van der Waals surface area contributed by atoms with Gasteiger partial charge in [-0.1, -0.05) is 0 Å². The third-order valence-electron chi connectivity index (χ3n) is 1.61. The molecule has 0 unspecified atom stereocenters. The number of rotatable bonds is 3. The van der Waals surface area contributed by atoms with Crippen LogP contribution in [0.4, 0.5) is 14.6 Å². The zero-order chi connectivity index (χ0) is 12.5. The Morgan fingerprint density at radius 3 is 2.56 bits per heavy atom. The number of halogens is 3. The van der Waals surface area contributed by atoms with Crippen molar-refractivity contribution in [3.8, 4) is 5.75 Å². The Kier molecular flexibility index (Phi) is 3.33. The maximum absolute atomic E-state index is 12.3. The van der Waals surface area contributed by atoms with Crippen molar-refractivity contribution in [3.63, 3.8) is 0 Å². The molecule has 1 heterocycles. The molecular formula is C7H3ClF2N2O4. The number of nitro groups is 1. The third kappa shape index (κ3) is 2.22. The van der Waals surface area contributed by atoms with Crippen LogP contribution in [0.3, 0.4) is 0 Å². The highest BCUT2D eigenvalue weighted by atomic mass is 35.5. The summed E-state index contributed by atoms with van der Waals surface area (Å²) >= 11 is 4.96. The summed E-state index contributed by atoms with van der Waals surface area (Å²) < 4.78 is 24.7. The SMILES string of the molecule is O=C(Cl)c1cc(C(F)F)c(O)c([N+](=O)[O-])n1. The lowest BCUT2D eigenvalue weighted by Gasteiger charge is -2.03. The summed E-state index contributed by atoms with van der Waals surface area (Å²) in [4.78, 5) is 22.9. The second kappa shape index (κ2) is 4.35. The first-order valence-electron chi connectivity index (χ1n) is 3.71. The standard InChI is InChI=1S/C7H3ClF2N2O4/c8-5(14)3-1-2(6(9)10)4(13)7(11-3)12(15)16/h1,6,13H. The fourth-order valence-electron chi connectivity index (χ4n) is 0.938. The minimum Gasteiger partial charge on any atom is -0.501 e. The Morgan fingerprint density at radius 1 is 1.62 bits per heavy atom. The Balaban J connectivity index is 3.51. The van der Waals surface area contributed by atoms with Crippen LogP contribution in [0.5, 0.6) is 5.75 Å². The van der Waals surface area contributed by atoms with E-state index in [2.05, 4.69) is 4.98 Å². The molecule has 1 aromatic rings. The van der Waals surface area contributed by atoms with Crippen LogP contribution in [-0.2, 0) is 0 Å². The summed E-state index contributed by atoms with van der Waals surface area (Å²) in [5.74, 6) is -2.51. The molecule has 0 aromatic carbocycles. The van der Waals surface area contributed by atoms with Crippen molar-refractivity contribution in [2.45, 2.75) is 6.43 Å². The lowest BCUT2D eigenvalue weighted by molar-refractivity contribution is -0.390. The average molecular weight is 253 g/mol. The summed E-state index contributed by atoms with van der Waals surface area (Å²) in [5.41, 5.74) is -1.79. The molecule has 0 radical (unpaired) electrons. The van der Waals surface area contributed by atoms with E-state index in [1.165, 1.54) is 0 Å². The predicted octanol–water partition coefficient (Wildman–Crippen LogP) is 2.01. The molecular weight excluding hydrogens is 250 g/mol. The van der Waals surface area contributed by atoms with Gasteiger partial charge in [0.05, 0.1) is 5.56 Å². The molecule has 6 nitrogen and oxygen atoms in total. The van der Waals surface area contributed by atoms with Gasteiger partial charge in [0.25, 0.3) is 11.7 Å². The van der Waals surface area contributed by atoms with Gasteiger partial charge < -0.3 is 15.2 Å². The molecule has 0 aliphatic carbocycles. The summed E-state index contributed by atoms with van der Waals surface area (Å²) in [5, 5.41) is 18.2. The van der Waals surface area contributed by atoms with Crippen molar-refractivity contribution >= 4 is 22.7 Å². The maximum Gasteiger partial charge on any atom is 0.407 e. The molecule has 0 fully saturated rings. The van der Waals surface area contributed by atoms with Crippen LogP contribution < -0.4 is 0 Å². The monoisotopic (exact) mass is 252 g/mol. The summed E-state index contributed by atoms with van der Waals surface area (Å²) in [7, 11) is 0. The number of aromatic nitrogens is 1. The van der Waals surface area contributed by atoms with Gasteiger partial charge in [0.1, 0.15) is 0 Å². The highest BCUT2D eigenvalue weighted by molar-refractivity contribution is 6.67. The van der Waals surface area contributed by atoms with Crippen LogP contribution >= 0.6 is 11.6 Å². The quantitative estimate of drug-likeness (QED) is 0.504. The van der Waals surface area contributed by atoms with E-state index in [0.29, 0.717) is 6.07 Å². The van der Waals surface area contributed by atoms with E-state index in [9.17, 15) is 23.7 Å². The molecule has 0 saturated heterocycles. The zero-order valence-corrected chi connectivity index (χ0v) is 8.11. The van der Waals surface area contributed by atoms with Crippen LogP contribution in [0.25, 0.3) is 0 Å². The highest BCUT2D eigenvalue weighted by Gasteiger charge is 2.28. The van der Waals surface area contributed by atoms with Crippen LogP contribution in [0.15, 0.2) is 6.07 Å². The smallest absolute Gasteiger partial charge is 0.407 e. The van der Waals surface area contributed by atoms with E-state index < -0.39 is 39.4 Å². The first kappa shape index (κ1) is 12.2. The molecule has 0 aliphatic rings. The largest absolute Gasteiger partial charge is 0.501 e. The first-order chi connectivity index (χ1) is 7.34. The predicted molar refractivity (Wildman–Crippen MR) is 47.7 cm³/mol. The van der Waals surface area contributed by atoms with Crippen molar-refractivity contribution in [1.82, 2.24) is 4.98 Å². The fraction of sp³-hybridized carbons (Fsp3) is 0.143. The molecule has 0 atom stereocenters. The van der Waals surface area contributed by atoms with Crippen molar-refractivity contribution in [2.75, 3.05) is 0 Å². The van der Waals surface area contributed by atoms with Crippen molar-refractivity contribution in [3.05, 3.63) is 27.4 Å². The molecule has 0 aliphatic heterocycles. The van der Waals surface area contributed by atoms with E-state index in [-0.39, 0.29) is 0 Å². The van der Waals surface area contributed by atoms with Gasteiger partial charge in [-0.25, -0.2) is 8.78 Å². The molecule has 1 rings (SSSR count). The van der Waals surface area contributed by atoms with Gasteiger partial charge in [-0.05, 0) is 21.5 Å². The minimum atomic E-state index is -3.18. The van der Waals surface area contributed by atoms with E-state index in [1.807, 2.05) is 0 Å². The number of carbonyl (C=O) groups is 1. The number of nitrogens with zero attached hydrogens (tertiary/aromatic N) is 2. The van der Waals surface area contributed by atoms with Gasteiger partial charge in [-0.2, -0.15) is 0 Å². The zero-order valence-electron chi connectivity index (χ0n) is 7.35. The third-order valence-corrected chi connectivity index (χ3v) is 1.81. The van der Waals surface area contributed by atoms with Crippen molar-refractivity contribution < 1.29 is 23.6 Å². The van der Waals surface area contributed by atoms with Crippen molar-refractivity contribution in [2.24, 2.45) is 0 Å². The van der Waals surface area contributed by atoms with Gasteiger partial charge in [0.2, 0.25) is 11.4 Å². The number of alkyl halides is 2. The summed E-state index contributed by atoms with van der Waals surface area (Å²) in [6.07, 6.45) is -3.18. The first-order valence-corrected chi connectivity index (χ1v) is 4.08. The fourth-order valence-corrected chi connectivity index (χ4v) is 1.04. The van der Waals surface area contributed by atoms with Crippen LogP contribution in [0.1, 0.15) is 22.5 Å². The van der Waals surface area contributed by atoms with E-state index >= 15 is 0 Å². The summed E-state index contributed by atoms with van der Waals surface area (Å²) in [6, 6.07) is 0.502. The average Bonchev–Trinajstić information content (AvgIpc) is 2.16. The van der Waals surface area contributed by atoms with Crippen LogP contribution in [0.2, 0.25) is 0 Å². The molecule has 0 spiro atoms. The Labute approximate surface area is 91.6 Å². The highest BCUT2D eigenvalue weighted by Crippen LogP contribution is 2.35. The molecule has 16 heavy (non-hydrogen) atoms. The van der Waals surface area contributed by atoms with Crippen molar-refractivity contribution in [1.29, 1.82) is 0 Å². The van der Waals surface area contributed by atoms with E-state index in [4.69, 9.17) is 16.7 Å². The van der Waals surface area contributed by atoms with Crippen LogP contribution in [0, 0.1) is 10.1 Å². The lowest BCUT2D eigenvalue weighted by atomic mass is 10.2. The molecule has 1 N–H and O–H groups in total. The Morgan fingerprint density at radius 2 is 2.19 bits per heavy atom. The molecule has 0 saturated carbocycles. The summed E-state index contributed by atoms with van der Waals surface area (Å²) in [6.45, 7) is 0. The molecule has 0 bridgehead atoms. The Hall–Kier alpha value is -1.83. The number of carbonyl (C=O) groups excluding carboxylic acids is 1.